The maximum atomic E-state index is 9.88. The lowest BCUT2D eigenvalue weighted by molar-refractivity contribution is 0.0924. The molecule has 0 spiro atoms. The highest BCUT2D eigenvalue weighted by molar-refractivity contribution is 5.43. The van der Waals surface area contributed by atoms with Gasteiger partial charge in [0.15, 0.2) is 0 Å². The van der Waals surface area contributed by atoms with Crippen molar-refractivity contribution in [2.75, 3.05) is 12.3 Å². The molecular weight excluding hydrogens is 242 g/mol. The van der Waals surface area contributed by atoms with Crippen LogP contribution < -0.4 is 15.8 Å². The first-order valence-corrected chi connectivity index (χ1v) is 6.00. The average Bonchev–Trinajstić information content (AvgIpc) is 2.39. The van der Waals surface area contributed by atoms with Crippen LogP contribution in [0.4, 0.5) is 5.69 Å². The quantitative estimate of drug-likeness (QED) is 0.700. The second kappa shape index (κ2) is 6.06. The summed E-state index contributed by atoms with van der Waals surface area (Å²) in [6.45, 7) is 0.613. The molecule has 5 nitrogen and oxygen atoms in total. The second-order valence-corrected chi connectivity index (χ2v) is 4.32. The summed E-state index contributed by atoms with van der Waals surface area (Å²) in [7, 11) is 0. The number of aromatic nitrogens is 1. The fourth-order valence-electron chi connectivity index (χ4n) is 1.67. The Kier molecular flexibility index (Phi) is 4.20. The Labute approximate surface area is 111 Å². The van der Waals surface area contributed by atoms with Gasteiger partial charge >= 0.3 is 0 Å². The number of nitrogens with one attached hydrogen (secondary N) is 1. The molecule has 1 atom stereocenters. The Morgan fingerprint density at radius 3 is 2.68 bits per heavy atom. The summed E-state index contributed by atoms with van der Waals surface area (Å²) >= 11 is 0. The minimum Gasteiger partial charge on any atom is -0.491 e. The molecule has 0 radical (unpaired) electrons. The van der Waals surface area contributed by atoms with Gasteiger partial charge in [0, 0.05) is 24.1 Å². The molecule has 4 N–H and O–H groups in total. The Morgan fingerprint density at radius 1 is 1.26 bits per heavy atom. The molecule has 1 aromatic heterocycles. The average molecular weight is 259 g/mol. The van der Waals surface area contributed by atoms with E-state index in [1.807, 2.05) is 4.57 Å². The van der Waals surface area contributed by atoms with Crippen molar-refractivity contribution in [1.82, 2.24) is 4.57 Å². The van der Waals surface area contributed by atoms with Crippen LogP contribution in [0.1, 0.15) is 0 Å². The lowest BCUT2D eigenvalue weighted by atomic mass is 10.3. The summed E-state index contributed by atoms with van der Waals surface area (Å²) in [6, 6.07) is 10.4. The molecule has 0 aliphatic heterocycles. The zero-order chi connectivity index (χ0) is 13.7. The molecule has 0 saturated carbocycles. The van der Waals surface area contributed by atoms with Crippen LogP contribution in [0, 0.1) is 5.41 Å². The van der Waals surface area contributed by atoms with Gasteiger partial charge in [-0.15, -0.1) is 0 Å². The molecule has 2 rings (SSSR count). The summed E-state index contributed by atoms with van der Waals surface area (Å²) in [5.74, 6) is 0.644. The number of aliphatic hydroxyl groups excluding tert-OH is 1. The van der Waals surface area contributed by atoms with Crippen LogP contribution in [0.25, 0.3) is 0 Å². The lowest BCUT2D eigenvalue weighted by Gasteiger charge is -2.14. The van der Waals surface area contributed by atoms with Gasteiger partial charge in [0.1, 0.15) is 18.5 Å². The lowest BCUT2D eigenvalue weighted by Crippen LogP contribution is -2.23. The van der Waals surface area contributed by atoms with Crippen LogP contribution in [0.2, 0.25) is 0 Å². The van der Waals surface area contributed by atoms with Gasteiger partial charge in [-0.05, 0) is 24.3 Å². The minimum atomic E-state index is -0.622. The van der Waals surface area contributed by atoms with Crippen LogP contribution in [0.5, 0.6) is 5.75 Å². The second-order valence-electron chi connectivity index (χ2n) is 4.32. The van der Waals surface area contributed by atoms with E-state index in [9.17, 15) is 5.11 Å². The maximum absolute atomic E-state index is 9.88. The zero-order valence-corrected chi connectivity index (χ0v) is 10.5. The van der Waals surface area contributed by atoms with Crippen LogP contribution in [-0.4, -0.2) is 22.4 Å². The fraction of sp³-hybridized carbons (Fsp3) is 0.214. The van der Waals surface area contributed by atoms with E-state index < -0.39 is 6.10 Å². The number of aliphatic hydroxyl groups is 1. The Morgan fingerprint density at radius 2 is 2.00 bits per heavy atom. The molecule has 0 saturated heterocycles. The van der Waals surface area contributed by atoms with Gasteiger partial charge in [0.2, 0.25) is 0 Å². The number of rotatable bonds is 5. The van der Waals surface area contributed by atoms with Gasteiger partial charge in [-0.2, -0.15) is 0 Å². The summed E-state index contributed by atoms with van der Waals surface area (Å²) in [4.78, 5) is 0. The number of anilines is 1. The summed E-state index contributed by atoms with van der Waals surface area (Å²) in [6.07, 6.45) is 2.89. The molecule has 5 heteroatoms. The number of nitrogens with zero attached hydrogens (tertiary/aromatic N) is 1. The third kappa shape index (κ3) is 4.15. The molecule has 0 fully saturated rings. The molecule has 0 aliphatic rings. The van der Waals surface area contributed by atoms with E-state index in [1.165, 1.54) is 0 Å². The standard InChI is InChI=1S/C14H17N3O2/c15-11-4-6-17(7-5-11)9-13(18)10-19-14-3-1-2-12(16)8-14/h1-8,13,15,18H,9-10,16H2/t13-/m1/s1. The number of ether oxygens (including phenoxy) is 1. The van der Waals surface area contributed by atoms with Crippen LogP contribution >= 0.6 is 0 Å². The van der Waals surface area contributed by atoms with Crippen molar-refractivity contribution < 1.29 is 9.84 Å². The zero-order valence-electron chi connectivity index (χ0n) is 10.5. The number of pyridine rings is 1. The normalized spacial score (nSPS) is 12.1. The van der Waals surface area contributed by atoms with Gasteiger partial charge in [0.05, 0.1) is 11.9 Å². The van der Waals surface area contributed by atoms with Crippen molar-refractivity contribution in [2.24, 2.45) is 0 Å². The highest BCUT2D eigenvalue weighted by Gasteiger charge is 2.05. The number of hydrogen-bond acceptors (Lipinski definition) is 4. The van der Waals surface area contributed by atoms with Crippen molar-refractivity contribution in [3.05, 3.63) is 54.1 Å². The fourth-order valence-corrected chi connectivity index (χ4v) is 1.67. The SMILES string of the molecule is N=c1ccn(C[C@@H](O)COc2cccc(N)c2)cc1. The van der Waals surface area contributed by atoms with E-state index in [0.717, 1.165) is 0 Å². The van der Waals surface area contributed by atoms with Gasteiger partial charge in [-0.3, -0.25) is 0 Å². The molecular formula is C14H17N3O2. The van der Waals surface area contributed by atoms with E-state index in [4.69, 9.17) is 15.9 Å². The highest BCUT2D eigenvalue weighted by atomic mass is 16.5. The topological polar surface area (TPSA) is 84.3 Å². The van der Waals surface area contributed by atoms with Crippen molar-refractivity contribution in [3.63, 3.8) is 0 Å². The molecule has 19 heavy (non-hydrogen) atoms. The first kappa shape index (κ1) is 13.2. The smallest absolute Gasteiger partial charge is 0.121 e. The number of hydrogen-bond donors (Lipinski definition) is 3. The van der Waals surface area contributed by atoms with Crippen LogP contribution in [0.3, 0.4) is 0 Å². The Bertz CT molecular complexity index is 575. The predicted molar refractivity (Wildman–Crippen MR) is 72.6 cm³/mol. The van der Waals surface area contributed by atoms with Crippen molar-refractivity contribution in [3.8, 4) is 5.75 Å². The van der Waals surface area contributed by atoms with E-state index in [2.05, 4.69) is 0 Å². The van der Waals surface area contributed by atoms with Crippen molar-refractivity contribution in [2.45, 2.75) is 12.6 Å². The van der Waals surface area contributed by atoms with Gasteiger partial charge in [-0.1, -0.05) is 6.07 Å². The van der Waals surface area contributed by atoms with Crippen molar-refractivity contribution >= 4 is 5.69 Å². The molecule has 2 aromatic rings. The van der Waals surface area contributed by atoms with Crippen LogP contribution in [0.15, 0.2) is 48.8 Å². The summed E-state index contributed by atoms with van der Waals surface area (Å²) in [5.41, 5.74) is 6.27. The van der Waals surface area contributed by atoms with Crippen molar-refractivity contribution in [1.29, 1.82) is 5.41 Å². The first-order chi connectivity index (χ1) is 9.13. The molecule has 1 aromatic carbocycles. The van der Waals surface area contributed by atoms with Gasteiger partial charge in [-0.25, -0.2) is 0 Å². The maximum Gasteiger partial charge on any atom is 0.121 e. The monoisotopic (exact) mass is 259 g/mol. The third-order valence-electron chi connectivity index (χ3n) is 2.61. The Hall–Kier alpha value is -2.27. The van der Waals surface area contributed by atoms with Gasteiger partial charge in [0.25, 0.3) is 0 Å². The molecule has 100 valence electrons. The number of benzene rings is 1. The predicted octanol–water partition coefficient (Wildman–Crippen LogP) is 0.990. The largest absolute Gasteiger partial charge is 0.491 e. The van der Waals surface area contributed by atoms with Gasteiger partial charge < -0.3 is 25.6 Å². The van der Waals surface area contributed by atoms with E-state index in [1.54, 1.807) is 48.8 Å². The molecule has 0 amide bonds. The van der Waals surface area contributed by atoms with E-state index >= 15 is 0 Å². The first-order valence-electron chi connectivity index (χ1n) is 6.00. The van der Waals surface area contributed by atoms with E-state index in [0.29, 0.717) is 23.3 Å². The molecule has 0 unspecified atom stereocenters. The van der Waals surface area contributed by atoms with Crippen LogP contribution in [-0.2, 0) is 6.54 Å². The summed E-state index contributed by atoms with van der Waals surface area (Å²) < 4.78 is 7.28. The number of nitrogen functional groups attached to an aromatic ring is 1. The molecule has 0 aliphatic carbocycles. The molecule has 0 bridgehead atoms. The highest BCUT2D eigenvalue weighted by Crippen LogP contribution is 2.14. The Balaban J connectivity index is 1.86. The number of nitrogens with two attached hydrogens (primary N) is 1. The molecule has 1 heterocycles. The third-order valence-corrected chi connectivity index (χ3v) is 2.61. The minimum absolute atomic E-state index is 0.194. The van der Waals surface area contributed by atoms with E-state index in [-0.39, 0.29) is 6.61 Å². The summed E-state index contributed by atoms with van der Waals surface area (Å²) in [5, 5.41) is 17.7.